The van der Waals surface area contributed by atoms with Crippen molar-refractivity contribution >= 4 is 23.2 Å². The molecular weight excluding hydrogens is 354 g/mol. The Hall–Kier alpha value is -2.38. The van der Waals surface area contributed by atoms with E-state index in [0.29, 0.717) is 18.0 Å². The van der Waals surface area contributed by atoms with Gasteiger partial charge < -0.3 is 19.5 Å². The van der Waals surface area contributed by atoms with Crippen LogP contribution in [-0.4, -0.2) is 37.7 Å². The number of carbonyl (C=O) groups is 2. The maximum atomic E-state index is 12.3. The lowest BCUT2D eigenvalue weighted by Gasteiger charge is -2.16. The van der Waals surface area contributed by atoms with Crippen LogP contribution in [0.1, 0.15) is 28.1 Å². The molecule has 1 saturated heterocycles. The lowest BCUT2D eigenvalue weighted by Crippen LogP contribution is -2.34. The summed E-state index contributed by atoms with van der Waals surface area (Å²) in [6.07, 6.45) is 2.04. The van der Waals surface area contributed by atoms with Gasteiger partial charge in [0.25, 0.3) is 5.91 Å². The number of rotatable bonds is 5. The third-order valence-corrected chi connectivity index (χ3v) is 5.60. The molecule has 26 heavy (non-hydrogen) atoms. The molecule has 4 rings (SSSR count). The molecule has 2 aromatic rings. The average Bonchev–Trinajstić information content (AvgIpc) is 3.33. The van der Waals surface area contributed by atoms with E-state index in [-0.39, 0.29) is 18.6 Å². The summed E-state index contributed by atoms with van der Waals surface area (Å²) in [5.41, 5.74) is 1.94. The number of benzene rings is 1. The van der Waals surface area contributed by atoms with Crippen molar-refractivity contribution in [1.29, 1.82) is 0 Å². The van der Waals surface area contributed by atoms with Crippen molar-refractivity contribution in [3.8, 4) is 16.2 Å². The molecular formula is C19H19NO5S. The lowest BCUT2D eigenvalue weighted by molar-refractivity contribution is -0.124. The van der Waals surface area contributed by atoms with Gasteiger partial charge in [0.15, 0.2) is 6.61 Å². The van der Waals surface area contributed by atoms with Gasteiger partial charge in [-0.3, -0.25) is 4.79 Å². The van der Waals surface area contributed by atoms with Crippen LogP contribution in [0.5, 0.6) is 5.75 Å². The quantitative estimate of drug-likeness (QED) is 0.816. The third kappa shape index (κ3) is 3.59. The Kier molecular flexibility index (Phi) is 4.90. The Morgan fingerprint density at radius 1 is 1.31 bits per heavy atom. The fourth-order valence-electron chi connectivity index (χ4n) is 3.09. The minimum absolute atomic E-state index is 0.0683. The van der Waals surface area contributed by atoms with Crippen LogP contribution in [0.3, 0.4) is 0 Å². The molecule has 2 aliphatic rings. The van der Waals surface area contributed by atoms with E-state index in [1.165, 1.54) is 11.3 Å². The smallest absolute Gasteiger partial charge is 0.348 e. The van der Waals surface area contributed by atoms with E-state index in [1.54, 1.807) is 6.07 Å². The van der Waals surface area contributed by atoms with E-state index in [0.717, 1.165) is 41.2 Å². The molecule has 7 heteroatoms. The Balaban J connectivity index is 1.34. The van der Waals surface area contributed by atoms with E-state index in [4.69, 9.17) is 14.2 Å². The first-order valence-corrected chi connectivity index (χ1v) is 9.42. The largest absolute Gasteiger partial charge is 0.488 e. The number of ether oxygens (including phenoxy) is 3. The summed E-state index contributed by atoms with van der Waals surface area (Å²) < 4.78 is 16.3. The van der Waals surface area contributed by atoms with Crippen LogP contribution in [-0.2, 0) is 20.9 Å². The maximum absolute atomic E-state index is 12.3. The van der Waals surface area contributed by atoms with Crippen LogP contribution < -0.4 is 10.1 Å². The number of nitrogens with one attached hydrogen (secondary N) is 1. The second-order valence-corrected chi connectivity index (χ2v) is 7.32. The minimum atomic E-state index is -0.492. The van der Waals surface area contributed by atoms with Crippen molar-refractivity contribution in [3.63, 3.8) is 0 Å². The summed E-state index contributed by atoms with van der Waals surface area (Å²) in [4.78, 5) is 25.6. The molecule has 3 heterocycles. The van der Waals surface area contributed by atoms with Gasteiger partial charge in [-0.25, -0.2) is 4.79 Å². The molecule has 6 nitrogen and oxygen atoms in total. The first-order chi connectivity index (χ1) is 12.7. The van der Waals surface area contributed by atoms with Crippen LogP contribution in [0.25, 0.3) is 10.4 Å². The summed E-state index contributed by atoms with van der Waals surface area (Å²) in [5, 5.41) is 2.74. The Morgan fingerprint density at radius 3 is 3.04 bits per heavy atom. The van der Waals surface area contributed by atoms with Crippen molar-refractivity contribution in [1.82, 2.24) is 5.32 Å². The lowest BCUT2D eigenvalue weighted by atomic mass is 10.1. The van der Waals surface area contributed by atoms with Crippen molar-refractivity contribution < 1.29 is 23.8 Å². The molecule has 0 unspecified atom stereocenters. The highest BCUT2D eigenvalue weighted by Crippen LogP contribution is 2.42. The minimum Gasteiger partial charge on any atom is -0.488 e. The molecule has 0 bridgehead atoms. The van der Waals surface area contributed by atoms with Crippen molar-refractivity contribution in [3.05, 3.63) is 40.8 Å². The number of hydrogen-bond donors (Lipinski definition) is 1. The summed E-state index contributed by atoms with van der Waals surface area (Å²) >= 11 is 1.37. The van der Waals surface area contributed by atoms with Crippen molar-refractivity contribution in [2.45, 2.75) is 25.6 Å². The van der Waals surface area contributed by atoms with E-state index in [9.17, 15) is 9.59 Å². The molecule has 0 radical (unpaired) electrons. The molecule has 1 aromatic heterocycles. The third-order valence-electron chi connectivity index (χ3n) is 4.41. The molecule has 0 spiro atoms. The first-order valence-electron chi connectivity index (χ1n) is 8.61. The van der Waals surface area contributed by atoms with Gasteiger partial charge in [0, 0.05) is 29.2 Å². The van der Waals surface area contributed by atoms with Crippen LogP contribution in [0.15, 0.2) is 30.3 Å². The number of thiophene rings is 1. The second kappa shape index (κ2) is 7.47. The SMILES string of the molecule is O=C(COC(=O)c1cc2c(s1)-c1ccccc1OC2)NC[C@H]1CCCO1. The van der Waals surface area contributed by atoms with Gasteiger partial charge in [-0.15, -0.1) is 11.3 Å². The van der Waals surface area contributed by atoms with Gasteiger partial charge in [0.2, 0.25) is 0 Å². The second-order valence-electron chi connectivity index (χ2n) is 6.27. The summed E-state index contributed by atoms with van der Waals surface area (Å²) in [6, 6.07) is 9.52. The highest BCUT2D eigenvalue weighted by atomic mass is 32.1. The molecule has 1 atom stereocenters. The number of hydrogen-bond acceptors (Lipinski definition) is 6. The molecule has 1 aromatic carbocycles. The van der Waals surface area contributed by atoms with Crippen molar-refractivity contribution in [2.75, 3.05) is 19.8 Å². The van der Waals surface area contributed by atoms with Crippen molar-refractivity contribution in [2.24, 2.45) is 0 Å². The molecule has 1 amide bonds. The Bertz CT molecular complexity index is 825. The van der Waals surface area contributed by atoms with Crippen LogP contribution in [0.2, 0.25) is 0 Å². The molecule has 0 saturated carbocycles. The number of amides is 1. The zero-order chi connectivity index (χ0) is 17.9. The fraction of sp³-hybridized carbons (Fsp3) is 0.368. The molecule has 136 valence electrons. The van der Waals surface area contributed by atoms with Gasteiger partial charge in [-0.1, -0.05) is 12.1 Å². The Labute approximate surface area is 155 Å². The number of carbonyl (C=O) groups excluding carboxylic acids is 2. The topological polar surface area (TPSA) is 73.9 Å². The first kappa shape index (κ1) is 17.1. The van der Waals surface area contributed by atoms with E-state index in [2.05, 4.69) is 5.32 Å². The van der Waals surface area contributed by atoms with Gasteiger partial charge in [0.1, 0.15) is 17.2 Å². The van der Waals surface area contributed by atoms with Gasteiger partial charge >= 0.3 is 5.97 Å². The monoisotopic (exact) mass is 373 g/mol. The zero-order valence-electron chi connectivity index (χ0n) is 14.2. The normalized spacial score (nSPS) is 17.8. The number of esters is 1. The molecule has 1 N–H and O–H groups in total. The summed E-state index contributed by atoms with van der Waals surface area (Å²) in [6.45, 7) is 1.34. The fourth-order valence-corrected chi connectivity index (χ4v) is 4.18. The van der Waals surface area contributed by atoms with Crippen LogP contribution in [0, 0.1) is 0 Å². The van der Waals surface area contributed by atoms with Crippen LogP contribution in [0.4, 0.5) is 0 Å². The zero-order valence-corrected chi connectivity index (χ0v) is 15.0. The molecule has 2 aliphatic heterocycles. The number of para-hydroxylation sites is 1. The average molecular weight is 373 g/mol. The van der Waals surface area contributed by atoms with Crippen LogP contribution >= 0.6 is 11.3 Å². The summed E-state index contributed by atoms with van der Waals surface area (Å²) in [5.74, 6) is 0.00766. The Morgan fingerprint density at radius 2 is 2.19 bits per heavy atom. The van der Waals surface area contributed by atoms with Gasteiger partial charge in [0.05, 0.1) is 6.10 Å². The highest BCUT2D eigenvalue weighted by molar-refractivity contribution is 7.17. The van der Waals surface area contributed by atoms with E-state index in [1.807, 2.05) is 24.3 Å². The molecule has 0 aliphatic carbocycles. The predicted octanol–water partition coefficient (Wildman–Crippen LogP) is 2.76. The highest BCUT2D eigenvalue weighted by Gasteiger charge is 2.23. The van der Waals surface area contributed by atoms with E-state index >= 15 is 0 Å². The van der Waals surface area contributed by atoms with Gasteiger partial charge in [-0.05, 0) is 31.0 Å². The summed E-state index contributed by atoms with van der Waals surface area (Å²) in [7, 11) is 0. The van der Waals surface area contributed by atoms with E-state index < -0.39 is 5.97 Å². The number of fused-ring (bicyclic) bond motifs is 3. The molecule has 1 fully saturated rings. The maximum Gasteiger partial charge on any atom is 0.348 e. The van der Waals surface area contributed by atoms with Gasteiger partial charge in [-0.2, -0.15) is 0 Å². The predicted molar refractivity (Wildman–Crippen MR) is 96.4 cm³/mol. The standard InChI is InChI=1S/C19H19NO5S/c21-17(20-9-13-4-3-7-23-13)11-25-19(22)16-8-12-10-24-15-6-2-1-5-14(15)18(12)26-16/h1-2,5-6,8,13H,3-4,7,9-11H2,(H,20,21)/t13-/m1/s1.